The van der Waals surface area contributed by atoms with Gasteiger partial charge in [-0.15, -0.1) is 0 Å². The third-order valence-corrected chi connectivity index (χ3v) is 5.27. The second-order valence-electron chi connectivity index (χ2n) is 10.7. The van der Waals surface area contributed by atoms with E-state index in [9.17, 15) is 14.4 Å². The molecule has 1 aromatic carbocycles. The molecule has 1 saturated carbocycles. The molecule has 3 amide bonds. The number of fused-ring (bicyclic) bond motifs is 1. The van der Waals surface area contributed by atoms with E-state index in [1.165, 1.54) is 0 Å². The number of benzene rings is 1. The third kappa shape index (κ3) is 6.08. The number of para-hydroxylation sites is 1. The number of carbonyl (C=O) groups excluding carboxylic acids is 3. The van der Waals surface area contributed by atoms with Crippen molar-refractivity contribution >= 4 is 28.6 Å². The minimum atomic E-state index is -0.683. The van der Waals surface area contributed by atoms with Crippen LogP contribution in [-0.2, 0) is 16.1 Å². The van der Waals surface area contributed by atoms with Crippen molar-refractivity contribution < 1.29 is 14.4 Å². The number of hydrogen-bond acceptors (Lipinski definition) is 4. The van der Waals surface area contributed by atoms with E-state index in [0.29, 0.717) is 11.9 Å². The zero-order chi connectivity index (χ0) is 23.7. The first kappa shape index (κ1) is 23.8. The molecule has 0 aliphatic heterocycles. The summed E-state index contributed by atoms with van der Waals surface area (Å²) in [5.74, 6) is -0.645. The number of aromatic nitrogens is 2. The van der Waals surface area contributed by atoms with Crippen molar-refractivity contribution in [2.24, 2.45) is 5.41 Å². The van der Waals surface area contributed by atoms with Gasteiger partial charge in [-0.1, -0.05) is 39.0 Å². The molecule has 0 bridgehead atoms. The van der Waals surface area contributed by atoms with Crippen LogP contribution in [-0.4, -0.2) is 45.1 Å². The molecule has 1 aromatic heterocycles. The summed E-state index contributed by atoms with van der Waals surface area (Å²) in [6, 6.07) is 6.96. The van der Waals surface area contributed by atoms with E-state index in [1.54, 1.807) is 4.68 Å². The molecule has 0 spiro atoms. The van der Waals surface area contributed by atoms with Gasteiger partial charge in [0, 0.05) is 23.4 Å². The molecule has 8 nitrogen and oxygen atoms in total. The SMILES string of the molecule is CC(C)(C)NC(=O)CCn1nc(C(=O)N[C@H](C(=O)NC2CC2)C(C)(C)C)c2ccccc21. The summed E-state index contributed by atoms with van der Waals surface area (Å²) in [5, 5.41) is 14.0. The van der Waals surface area contributed by atoms with Gasteiger partial charge in [-0.2, -0.15) is 5.10 Å². The number of nitrogens with zero attached hydrogens (tertiary/aromatic N) is 2. The van der Waals surface area contributed by atoms with Crippen molar-refractivity contribution in [3.63, 3.8) is 0 Å². The quantitative estimate of drug-likeness (QED) is 0.614. The molecule has 2 aromatic rings. The molecular formula is C24H35N5O3. The van der Waals surface area contributed by atoms with Crippen LogP contribution in [0.1, 0.15) is 71.3 Å². The molecule has 0 unspecified atom stereocenters. The smallest absolute Gasteiger partial charge is 0.273 e. The Morgan fingerprint density at radius 1 is 1.09 bits per heavy atom. The predicted molar refractivity (Wildman–Crippen MR) is 124 cm³/mol. The van der Waals surface area contributed by atoms with Crippen LogP contribution in [0.3, 0.4) is 0 Å². The molecule has 1 atom stereocenters. The molecule has 8 heteroatoms. The standard InChI is InChI=1S/C24H35N5O3/c1-23(2,3)20(22(32)25-15-11-12-15)26-21(31)19-16-9-7-8-10-17(16)29(28-19)14-13-18(30)27-24(4,5)6/h7-10,15,20H,11-14H2,1-6H3,(H,25,32)(H,26,31)(H,27,30)/t20-/m1/s1. The van der Waals surface area contributed by atoms with Gasteiger partial charge in [0.05, 0.1) is 12.1 Å². The summed E-state index contributed by atoms with van der Waals surface area (Å²) in [4.78, 5) is 38.2. The van der Waals surface area contributed by atoms with Crippen molar-refractivity contribution in [1.29, 1.82) is 0 Å². The van der Waals surface area contributed by atoms with Crippen LogP contribution >= 0.6 is 0 Å². The van der Waals surface area contributed by atoms with Gasteiger partial charge in [-0.3, -0.25) is 19.1 Å². The van der Waals surface area contributed by atoms with Gasteiger partial charge in [0.2, 0.25) is 11.8 Å². The number of nitrogens with one attached hydrogen (secondary N) is 3. The highest BCUT2D eigenvalue weighted by atomic mass is 16.2. The van der Waals surface area contributed by atoms with Crippen molar-refractivity contribution in [3.8, 4) is 0 Å². The fourth-order valence-corrected chi connectivity index (χ4v) is 3.54. The maximum Gasteiger partial charge on any atom is 0.273 e. The molecule has 1 aliphatic carbocycles. The summed E-state index contributed by atoms with van der Waals surface area (Å²) in [5.41, 5.74) is 0.260. The van der Waals surface area contributed by atoms with Crippen LogP contribution < -0.4 is 16.0 Å². The summed E-state index contributed by atoms with van der Waals surface area (Å²) < 4.78 is 1.68. The van der Waals surface area contributed by atoms with Crippen LogP contribution in [0.2, 0.25) is 0 Å². The predicted octanol–water partition coefficient (Wildman–Crippen LogP) is 2.76. The topological polar surface area (TPSA) is 105 Å². The van der Waals surface area contributed by atoms with E-state index in [2.05, 4.69) is 21.0 Å². The summed E-state index contributed by atoms with van der Waals surface area (Å²) >= 11 is 0. The first-order chi connectivity index (χ1) is 14.8. The average Bonchev–Trinajstić information content (AvgIpc) is 3.40. The lowest BCUT2D eigenvalue weighted by Gasteiger charge is -2.30. The molecule has 1 fully saturated rings. The molecule has 3 rings (SSSR count). The Morgan fingerprint density at radius 2 is 1.75 bits per heavy atom. The van der Waals surface area contributed by atoms with E-state index in [-0.39, 0.29) is 35.5 Å². The molecule has 1 heterocycles. The van der Waals surface area contributed by atoms with E-state index in [4.69, 9.17) is 0 Å². The highest BCUT2D eigenvalue weighted by molar-refractivity contribution is 6.06. The van der Waals surface area contributed by atoms with Crippen LogP contribution in [0.15, 0.2) is 24.3 Å². The number of rotatable bonds is 7. The fraction of sp³-hybridized carbons (Fsp3) is 0.583. The highest BCUT2D eigenvalue weighted by Crippen LogP contribution is 2.25. The first-order valence-electron chi connectivity index (χ1n) is 11.2. The Bertz CT molecular complexity index is 1010. The Labute approximate surface area is 189 Å². The second-order valence-corrected chi connectivity index (χ2v) is 10.7. The number of hydrogen-bond donors (Lipinski definition) is 3. The molecule has 32 heavy (non-hydrogen) atoms. The van der Waals surface area contributed by atoms with Crippen molar-refractivity contribution in [3.05, 3.63) is 30.0 Å². The number of aryl methyl sites for hydroxylation is 1. The Kier molecular flexibility index (Phi) is 6.62. The molecule has 1 aliphatic rings. The van der Waals surface area contributed by atoms with Gasteiger partial charge in [0.25, 0.3) is 5.91 Å². The van der Waals surface area contributed by atoms with Gasteiger partial charge in [-0.05, 0) is 45.1 Å². The lowest BCUT2D eigenvalue weighted by molar-refractivity contribution is -0.125. The summed E-state index contributed by atoms with van der Waals surface area (Å²) in [6.07, 6.45) is 2.21. The van der Waals surface area contributed by atoms with E-state index in [1.807, 2.05) is 65.8 Å². The number of amides is 3. The minimum absolute atomic E-state index is 0.0763. The van der Waals surface area contributed by atoms with Crippen molar-refractivity contribution in [2.75, 3.05) is 0 Å². The molecule has 3 N–H and O–H groups in total. The summed E-state index contributed by atoms with van der Waals surface area (Å²) in [7, 11) is 0. The largest absolute Gasteiger partial charge is 0.352 e. The maximum absolute atomic E-state index is 13.2. The molecule has 0 radical (unpaired) electrons. The van der Waals surface area contributed by atoms with Gasteiger partial charge in [-0.25, -0.2) is 0 Å². The van der Waals surface area contributed by atoms with Crippen molar-refractivity contribution in [2.45, 2.75) is 85.0 Å². The first-order valence-corrected chi connectivity index (χ1v) is 11.2. The molecular weight excluding hydrogens is 406 g/mol. The van der Waals surface area contributed by atoms with Gasteiger partial charge in [0.1, 0.15) is 6.04 Å². The second kappa shape index (κ2) is 8.92. The highest BCUT2D eigenvalue weighted by Gasteiger charge is 2.36. The lowest BCUT2D eigenvalue weighted by atomic mass is 9.86. The number of carbonyl (C=O) groups is 3. The Hall–Kier alpha value is -2.90. The Morgan fingerprint density at radius 3 is 2.34 bits per heavy atom. The van der Waals surface area contributed by atoms with E-state index < -0.39 is 17.4 Å². The van der Waals surface area contributed by atoms with Gasteiger partial charge >= 0.3 is 0 Å². The normalized spacial score (nSPS) is 15.3. The lowest BCUT2D eigenvalue weighted by Crippen LogP contribution is -2.54. The van der Waals surface area contributed by atoms with Crippen LogP contribution in [0.25, 0.3) is 10.9 Å². The van der Waals surface area contributed by atoms with E-state index in [0.717, 1.165) is 18.4 Å². The minimum Gasteiger partial charge on any atom is -0.352 e. The van der Waals surface area contributed by atoms with Crippen molar-refractivity contribution in [1.82, 2.24) is 25.7 Å². The third-order valence-electron chi connectivity index (χ3n) is 5.27. The Balaban J connectivity index is 1.80. The maximum atomic E-state index is 13.2. The zero-order valence-corrected chi connectivity index (χ0v) is 19.9. The van der Waals surface area contributed by atoms with Crippen LogP contribution in [0, 0.1) is 5.41 Å². The van der Waals surface area contributed by atoms with Crippen LogP contribution in [0.4, 0.5) is 0 Å². The zero-order valence-electron chi connectivity index (χ0n) is 19.9. The summed E-state index contributed by atoms with van der Waals surface area (Å²) in [6.45, 7) is 11.9. The molecule has 0 saturated heterocycles. The monoisotopic (exact) mass is 441 g/mol. The fourth-order valence-electron chi connectivity index (χ4n) is 3.54. The molecule has 174 valence electrons. The van der Waals surface area contributed by atoms with Gasteiger partial charge in [0.15, 0.2) is 5.69 Å². The van der Waals surface area contributed by atoms with Crippen LogP contribution in [0.5, 0.6) is 0 Å². The van der Waals surface area contributed by atoms with Gasteiger partial charge < -0.3 is 16.0 Å². The average molecular weight is 442 g/mol. The van der Waals surface area contributed by atoms with E-state index >= 15 is 0 Å².